The second-order valence-corrected chi connectivity index (χ2v) is 9.34. The van der Waals surface area contributed by atoms with Gasteiger partial charge in [-0.2, -0.15) is 0 Å². The first-order chi connectivity index (χ1) is 15.2. The molecule has 2 aliphatic heterocycles. The molecule has 0 radical (unpaired) electrons. The third-order valence-electron chi connectivity index (χ3n) is 5.61. The number of rotatable bonds is 8. The molecule has 166 valence electrons. The summed E-state index contributed by atoms with van der Waals surface area (Å²) in [6, 6.07) is 4.60. The molecule has 0 unspecified atom stereocenters. The second kappa shape index (κ2) is 11.1. The lowest BCUT2D eigenvalue weighted by Gasteiger charge is -2.36. The van der Waals surface area contributed by atoms with Crippen LogP contribution in [0.25, 0.3) is 0 Å². The quantitative estimate of drug-likeness (QED) is 0.352. The third-order valence-corrected chi connectivity index (χ3v) is 7.19. The zero-order valence-electron chi connectivity index (χ0n) is 17.6. The van der Waals surface area contributed by atoms with Crippen molar-refractivity contribution < 1.29 is 13.9 Å². The summed E-state index contributed by atoms with van der Waals surface area (Å²) in [7, 11) is 0. The number of hydrogen-bond acceptors (Lipinski definition) is 5. The molecule has 2 heterocycles. The average molecular weight is 463 g/mol. The van der Waals surface area contributed by atoms with Crippen molar-refractivity contribution in [3.8, 4) is 0 Å². The maximum Gasteiger partial charge on any atom is 0.231 e. The molecular formula is C24H28ClFN2O2S. The van der Waals surface area contributed by atoms with E-state index in [-0.39, 0.29) is 5.82 Å². The maximum atomic E-state index is 13.1. The minimum absolute atomic E-state index is 0.287. The number of hydrogen-bond donors (Lipinski definition) is 0. The highest BCUT2D eigenvalue weighted by Crippen LogP contribution is 2.29. The molecule has 7 heteroatoms. The fraction of sp³-hybridized carbons (Fsp3) is 0.417. The van der Waals surface area contributed by atoms with Crippen LogP contribution in [0, 0.1) is 5.82 Å². The molecule has 1 aromatic rings. The van der Waals surface area contributed by atoms with Crippen LogP contribution < -0.4 is 0 Å². The summed E-state index contributed by atoms with van der Waals surface area (Å²) in [6.07, 6.45) is 14.1. The zero-order valence-corrected chi connectivity index (χ0v) is 19.1. The highest BCUT2D eigenvalue weighted by molar-refractivity contribution is 7.99. The Morgan fingerprint density at radius 3 is 2.65 bits per heavy atom. The van der Waals surface area contributed by atoms with Gasteiger partial charge >= 0.3 is 0 Å². The number of benzene rings is 1. The van der Waals surface area contributed by atoms with E-state index in [2.05, 4.69) is 28.0 Å². The van der Waals surface area contributed by atoms with E-state index in [0.29, 0.717) is 5.02 Å². The topological polar surface area (TPSA) is 24.9 Å². The summed E-state index contributed by atoms with van der Waals surface area (Å²) >= 11 is 7.78. The predicted octanol–water partition coefficient (Wildman–Crippen LogP) is 5.93. The van der Waals surface area contributed by atoms with Gasteiger partial charge in [0, 0.05) is 31.1 Å². The Balaban J connectivity index is 1.12. The zero-order chi connectivity index (χ0) is 21.5. The SMILES string of the molecule is Fc1ccc(SCCCCN2CCN(C3=COC(C4=CC=CCC4)=CO3)CC2)c(Cl)c1. The first kappa shape index (κ1) is 22.3. The van der Waals surface area contributed by atoms with Crippen LogP contribution in [0.3, 0.4) is 0 Å². The molecule has 1 aromatic carbocycles. The Labute approximate surface area is 193 Å². The van der Waals surface area contributed by atoms with Gasteiger partial charge in [0.15, 0.2) is 12.0 Å². The number of nitrogens with zero attached hydrogens (tertiary/aromatic N) is 2. The lowest BCUT2D eigenvalue weighted by Crippen LogP contribution is -2.46. The summed E-state index contributed by atoms with van der Waals surface area (Å²) in [5.74, 6) is 2.31. The Morgan fingerprint density at radius 1 is 1.06 bits per heavy atom. The molecular weight excluding hydrogens is 435 g/mol. The Kier molecular flexibility index (Phi) is 8.00. The molecule has 4 rings (SSSR count). The van der Waals surface area contributed by atoms with Crippen molar-refractivity contribution in [3.05, 3.63) is 77.0 Å². The number of thioether (sulfide) groups is 1. The van der Waals surface area contributed by atoms with Crippen molar-refractivity contribution in [2.75, 3.05) is 38.5 Å². The summed E-state index contributed by atoms with van der Waals surface area (Å²) in [4.78, 5) is 5.69. The molecule has 0 spiro atoms. The van der Waals surface area contributed by atoms with Crippen molar-refractivity contribution >= 4 is 23.4 Å². The summed E-state index contributed by atoms with van der Waals surface area (Å²) in [5.41, 5.74) is 1.18. The summed E-state index contributed by atoms with van der Waals surface area (Å²) in [5, 5.41) is 0.499. The fourth-order valence-electron chi connectivity index (χ4n) is 3.80. The molecule has 4 nitrogen and oxygen atoms in total. The number of piperazine rings is 1. The first-order valence-electron chi connectivity index (χ1n) is 10.8. The smallest absolute Gasteiger partial charge is 0.231 e. The number of allylic oxidation sites excluding steroid dienone is 4. The van der Waals surface area contributed by atoms with Gasteiger partial charge in [-0.15, -0.1) is 11.8 Å². The van der Waals surface area contributed by atoms with Gasteiger partial charge in [-0.3, -0.25) is 4.90 Å². The molecule has 0 atom stereocenters. The van der Waals surface area contributed by atoms with E-state index in [9.17, 15) is 4.39 Å². The molecule has 3 aliphatic rings. The molecule has 0 N–H and O–H groups in total. The predicted molar refractivity (Wildman–Crippen MR) is 124 cm³/mol. The van der Waals surface area contributed by atoms with E-state index in [4.69, 9.17) is 21.1 Å². The van der Waals surface area contributed by atoms with Crippen LogP contribution in [0.15, 0.2) is 71.1 Å². The normalized spacial score (nSPS) is 19.3. The Bertz CT molecular complexity index is 892. The molecule has 1 fully saturated rings. The number of ether oxygens (including phenoxy) is 2. The second-order valence-electron chi connectivity index (χ2n) is 7.79. The van der Waals surface area contributed by atoms with Gasteiger partial charge in [0.05, 0.1) is 5.02 Å². The van der Waals surface area contributed by atoms with Gasteiger partial charge < -0.3 is 14.4 Å². The summed E-state index contributed by atoms with van der Waals surface area (Å²) in [6.45, 7) is 5.00. The van der Waals surface area contributed by atoms with E-state index < -0.39 is 0 Å². The molecule has 0 aromatic heterocycles. The molecule has 0 amide bonds. The van der Waals surface area contributed by atoms with Crippen LogP contribution in [0.4, 0.5) is 4.39 Å². The van der Waals surface area contributed by atoms with Crippen LogP contribution in [0.5, 0.6) is 0 Å². The van der Waals surface area contributed by atoms with E-state index in [1.165, 1.54) is 17.7 Å². The van der Waals surface area contributed by atoms with Crippen molar-refractivity contribution in [2.45, 2.75) is 30.6 Å². The number of halogens is 2. The van der Waals surface area contributed by atoms with Crippen LogP contribution >= 0.6 is 23.4 Å². The van der Waals surface area contributed by atoms with Gasteiger partial charge in [-0.05, 0) is 61.8 Å². The Hall–Kier alpha value is -1.89. The molecule has 0 saturated carbocycles. The van der Waals surface area contributed by atoms with Gasteiger partial charge in [0.25, 0.3) is 0 Å². The van der Waals surface area contributed by atoms with Crippen LogP contribution in [-0.2, 0) is 9.47 Å². The van der Waals surface area contributed by atoms with E-state index in [1.807, 2.05) is 0 Å². The standard InChI is InChI=1S/C24H28ClFN2O2S/c25-21-16-20(26)8-9-23(21)31-15-5-4-10-27-11-13-28(14-12-27)24-18-29-22(17-30-24)19-6-2-1-3-7-19/h1-2,6,8-9,16-18H,3-5,7,10-15H2. The van der Waals surface area contributed by atoms with E-state index >= 15 is 0 Å². The van der Waals surface area contributed by atoms with Crippen molar-refractivity contribution in [2.24, 2.45) is 0 Å². The van der Waals surface area contributed by atoms with Crippen molar-refractivity contribution in [3.63, 3.8) is 0 Å². The highest BCUT2D eigenvalue weighted by atomic mass is 35.5. The van der Waals surface area contributed by atoms with Gasteiger partial charge in [-0.1, -0.05) is 29.8 Å². The average Bonchev–Trinajstić information content (AvgIpc) is 2.81. The van der Waals surface area contributed by atoms with E-state index in [0.717, 1.165) is 80.7 Å². The monoisotopic (exact) mass is 462 g/mol. The molecule has 31 heavy (non-hydrogen) atoms. The van der Waals surface area contributed by atoms with Gasteiger partial charge in [-0.25, -0.2) is 4.39 Å². The van der Waals surface area contributed by atoms with Crippen LogP contribution in [0.1, 0.15) is 25.7 Å². The lowest BCUT2D eigenvalue weighted by atomic mass is 10.0. The van der Waals surface area contributed by atoms with Crippen molar-refractivity contribution in [1.29, 1.82) is 0 Å². The molecule has 1 aliphatic carbocycles. The highest BCUT2D eigenvalue weighted by Gasteiger charge is 2.22. The molecule has 1 saturated heterocycles. The minimum Gasteiger partial charge on any atom is -0.456 e. The summed E-state index contributed by atoms with van der Waals surface area (Å²) < 4.78 is 24.8. The Morgan fingerprint density at radius 2 is 1.94 bits per heavy atom. The van der Waals surface area contributed by atoms with Gasteiger partial charge in [0.1, 0.15) is 12.1 Å². The minimum atomic E-state index is -0.287. The molecule has 0 bridgehead atoms. The maximum absolute atomic E-state index is 13.1. The van der Waals surface area contributed by atoms with Crippen molar-refractivity contribution in [1.82, 2.24) is 9.80 Å². The third kappa shape index (κ3) is 6.31. The fourth-order valence-corrected chi connectivity index (χ4v) is 5.06. The van der Waals surface area contributed by atoms with E-state index in [1.54, 1.807) is 30.4 Å². The first-order valence-corrected chi connectivity index (χ1v) is 12.2. The largest absolute Gasteiger partial charge is 0.456 e. The van der Waals surface area contributed by atoms with Crippen LogP contribution in [-0.4, -0.2) is 48.3 Å². The van der Waals surface area contributed by atoms with Crippen LogP contribution in [0.2, 0.25) is 5.02 Å². The van der Waals surface area contributed by atoms with Gasteiger partial charge in [0.2, 0.25) is 5.88 Å². The number of unbranched alkanes of at least 4 members (excludes halogenated alkanes) is 1. The lowest BCUT2D eigenvalue weighted by molar-refractivity contribution is 0.0841.